The molecule has 0 aliphatic carbocycles. The van der Waals surface area contributed by atoms with Gasteiger partial charge in [-0.1, -0.05) is 55.5 Å². The van der Waals surface area contributed by atoms with E-state index in [1.165, 1.54) is 5.56 Å². The summed E-state index contributed by atoms with van der Waals surface area (Å²) in [5.41, 5.74) is 3.39. The summed E-state index contributed by atoms with van der Waals surface area (Å²) in [4.78, 5) is 17.1. The molecular weight excluding hydrogens is 274 g/mol. The van der Waals surface area contributed by atoms with Crippen molar-refractivity contribution in [2.75, 3.05) is 11.9 Å². The van der Waals surface area contributed by atoms with Crippen LogP contribution in [0.5, 0.6) is 0 Å². The van der Waals surface area contributed by atoms with Crippen molar-refractivity contribution in [3.63, 3.8) is 0 Å². The van der Waals surface area contributed by atoms with Crippen molar-refractivity contribution in [3.8, 4) is 0 Å². The van der Waals surface area contributed by atoms with E-state index in [1.807, 2.05) is 48.5 Å². The van der Waals surface area contributed by atoms with Crippen LogP contribution in [0.25, 0.3) is 0 Å². The normalized spacial score (nSPS) is 14.1. The fourth-order valence-corrected chi connectivity index (χ4v) is 2.60. The van der Waals surface area contributed by atoms with Crippen LogP contribution in [0.3, 0.4) is 0 Å². The Labute approximate surface area is 130 Å². The molecule has 1 amide bonds. The van der Waals surface area contributed by atoms with Gasteiger partial charge in [-0.25, -0.2) is 5.32 Å². The summed E-state index contributed by atoms with van der Waals surface area (Å²) >= 11 is 0. The maximum absolute atomic E-state index is 12.1. The zero-order valence-corrected chi connectivity index (χ0v) is 12.7. The number of guanidine groups is 1. The van der Waals surface area contributed by atoms with Gasteiger partial charge in [0.05, 0.1) is 0 Å². The first-order valence-electron chi connectivity index (χ1n) is 7.58. The van der Waals surface area contributed by atoms with Crippen molar-refractivity contribution in [3.05, 3.63) is 65.7 Å². The summed E-state index contributed by atoms with van der Waals surface area (Å²) in [6.45, 7) is 3.03. The molecule has 0 atom stereocenters. The van der Waals surface area contributed by atoms with Crippen LogP contribution in [0.2, 0.25) is 0 Å². The maximum atomic E-state index is 12.1. The van der Waals surface area contributed by atoms with Crippen LogP contribution in [0, 0.1) is 0 Å². The summed E-state index contributed by atoms with van der Waals surface area (Å²) in [5.74, 6) is 0.843. The molecule has 0 unspecified atom stereocenters. The van der Waals surface area contributed by atoms with E-state index in [0.717, 1.165) is 23.6 Å². The lowest BCUT2D eigenvalue weighted by Gasteiger charge is -2.13. The number of anilines is 1. The second-order valence-electron chi connectivity index (χ2n) is 5.30. The minimum atomic E-state index is 0.0836. The SMILES string of the molecule is CCc1ccccc1NC1=[NH+]CC(=O)N1Cc1ccccc1. The zero-order chi connectivity index (χ0) is 15.4. The molecule has 2 aromatic carbocycles. The topological polar surface area (TPSA) is 46.3 Å². The molecule has 0 radical (unpaired) electrons. The molecule has 0 aromatic heterocycles. The number of carbonyl (C=O) groups is 1. The molecule has 1 heterocycles. The molecule has 4 heteroatoms. The Morgan fingerprint density at radius 1 is 1.09 bits per heavy atom. The Hall–Kier alpha value is -2.62. The molecule has 0 saturated heterocycles. The first kappa shape index (κ1) is 14.3. The van der Waals surface area contributed by atoms with Crippen molar-refractivity contribution in [2.45, 2.75) is 19.9 Å². The van der Waals surface area contributed by atoms with Gasteiger partial charge in [0.25, 0.3) is 0 Å². The number of aryl methyl sites for hydroxylation is 1. The summed E-state index contributed by atoms with van der Waals surface area (Å²) in [6.07, 6.45) is 0.948. The smallest absolute Gasteiger partial charge is 0.266 e. The first-order chi connectivity index (χ1) is 10.8. The van der Waals surface area contributed by atoms with E-state index < -0.39 is 0 Å². The van der Waals surface area contributed by atoms with Crippen molar-refractivity contribution < 1.29 is 9.79 Å². The van der Waals surface area contributed by atoms with E-state index in [2.05, 4.69) is 23.3 Å². The highest BCUT2D eigenvalue weighted by Crippen LogP contribution is 2.16. The molecule has 0 saturated carbocycles. The van der Waals surface area contributed by atoms with E-state index in [-0.39, 0.29) is 5.91 Å². The molecule has 1 aliphatic rings. The number of para-hydroxylation sites is 1. The van der Waals surface area contributed by atoms with Gasteiger partial charge in [0, 0.05) is 0 Å². The number of benzene rings is 2. The van der Waals surface area contributed by atoms with Crippen LogP contribution in [0.1, 0.15) is 18.1 Å². The number of hydrogen-bond acceptors (Lipinski definition) is 2. The third-order valence-electron chi connectivity index (χ3n) is 3.81. The van der Waals surface area contributed by atoms with Crippen molar-refractivity contribution in [2.24, 2.45) is 0 Å². The van der Waals surface area contributed by atoms with Crippen LogP contribution in [-0.2, 0) is 17.8 Å². The van der Waals surface area contributed by atoms with E-state index >= 15 is 0 Å². The predicted octanol–water partition coefficient (Wildman–Crippen LogP) is 1.14. The fourth-order valence-electron chi connectivity index (χ4n) is 2.60. The molecule has 4 nitrogen and oxygen atoms in total. The van der Waals surface area contributed by atoms with Gasteiger partial charge in [0.15, 0.2) is 6.54 Å². The van der Waals surface area contributed by atoms with Crippen LogP contribution >= 0.6 is 0 Å². The number of hydrogen-bond donors (Lipinski definition) is 2. The highest BCUT2D eigenvalue weighted by Gasteiger charge is 2.33. The third kappa shape index (κ3) is 3.01. The second kappa shape index (κ2) is 6.43. The summed E-state index contributed by atoms with van der Waals surface area (Å²) in [5, 5.41) is 3.37. The lowest BCUT2D eigenvalue weighted by molar-refractivity contribution is -0.438. The van der Waals surface area contributed by atoms with Gasteiger partial charge >= 0.3 is 11.9 Å². The number of amides is 1. The van der Waals surface area contributed by atoms with Gasteiger partial charge in [-0.2, -0.15) is 4.90 Å². The van der Waals surface area contributed by atoms with Crippen LogP contribution in [0.15, 0.2) is 54.6 Å². The third-order valence-corrected chi connectivity index (χ3v) is 3.81. The molecule has 2 N–H and O–H groups in total. The molecule has 0 fully saturated rings. The van der Waals surface area contributed by atoms with E-state index in [4.69, 9.17) is 0 Å². The molecular formula is C18H20N3O+. The molecule has 1 aliphatic heterocycles. The quantitative estimate of drug-likeness (QED) is 0.888. The molecule has 22 heavy (non-hydrogen) atoms. The average Bonchev–Trinajstić information content (AvgIpc) is 2.89. The maximum Gasteiger partial charge on any atom is 0.358 e. The zero-order valence-electron chi connectivity index (χ0n) is 12.7. The van der Waals surface area contributed by atoms with Gasteiger partial charge in [-0.3, -0.25) is 9.79 Å². The van der Waals surface area contributed by atoms with Gasteiger partial charge in [0.2, 0.25) is 0 Å². The predicted molar refractivity (Wildman–Crippen MR) is 87.3 cm³/mol. The summed E-state index contributed by atoms with van der Waals surface area (Å²) in [6, 6.07) is 18.2. The number of nitrogens with one attached hydrogen (secondary N) is 2. The number of rotatable bonds is 4. The average molecular weight is 294 g/mol. The van der Waals surface area contributed by atoms with Crippen LogP contribution in [0.4, 0.5) is 5.69 Å². The van der Waals surface area contributed by atoms with Gasteiger partial charge in [0.1, 0.15) is 12.2 Å². The Balaban J connectivity index is 1.79. The summed E-state index contributed by atoms with van der Waals surface area (Å²) < 4.78 is 0. The molecule has 0 spiro atoms. The number of nitrogens with zero attached hydrogens (tertiary/aromatic N) is 1. The molecule has 112 valence electrons. The van der Waals surface area contributed by atoms with E-state index in [0.29, 0.717) is 13.1 Å². The monoisotopic (exact) mass is 294 g/mol. The second-order valence-corrected chi connectivity index (χ2v) is 5.30. The van der Waals surface area contributed by atoms with Crippen LogP contribution in [-0.4, -0.2) is 23.3 Å². The Kier molecular flexibility index (Phi) is 4.19. The lowest BCUT2D eigenvalue weighted by atomic mass is 10.1. The summed E-state index contributed by atoms with van der Waals surface area (Å²) in [7, 11) is 0. The standard InChI is InChI=1S/C18H19N3O/c1-2-15-10-6-7-11-16(15)20-18-19-12-17(22)21(18)13-14-8-4-3-5-9-14/h3-11H,2,12-13H2,1H3,(H,19,20)/p+1. The Morgan fingerprint density at radius 2 is 1.82 bits per heavy atom. The van der Waals surface area contributed by atoms with Crippen LogP contribution < -0.4 is 10.3 Å². The van der Waals surface area contributed by atoms with Crippen molar-refractivity contribution >= 4 is 17.6 Å². The van der Waals surface area contributed by atoms with Gasteiger partial charge < -0.3 is 0 Å². The van der Waals surface area contributed by atoms with Crippen molar-refractivity contribution in [1.82, 2.24) is 4.90 Å². The fraction of sp³-hybridized carbons (Fsp3) is 0.222. The Bertz CT molecular complexity index is 694. The molecule has 0 bridgehead atoms. The number of carbonyl (C=O) groups excluding carboxylic acids is 1. The highest BCUT2D eigenvalue weighted by atomic mass is 16.2. The Morgan fingerprint density at radius 3 is 2.59 bits per heavy atom. The lowest BCUT2D eigenvalue weighted by Crippen LogP contribution is -2.72. The van der Waals surface area contributed by atoms with Gasteiger partial charge in [-0.15, -0.1) is 0 Å². The highest BCUT2D eigenvalue weighted by molar-refractivity contribution is 6.04. The minimum absolute atomic E-state index is 0.0836. The molecule has 2 aromatic rings. The van der Waals surface area contributed by atoms with Crippen molar-refractivity contribution in [1.29, 1.82) is 0 Å². The van der Waals surface area contributed by atoms with E-state index in [9.17, 15) is 4.79 Å². The first-order valence-corrected chi connectivity index (χ1v) is 7.58. The molecule has 3 rings (SSSR count). The minimum Gasteiger partial charge on any atom is -0.266 e. The largest absolute Gasteiger partial charge is 0.358 e. The van der Waals surface area contributed by atoms with E-state index in [1.54, 1.807) is 4.90 Å². The van der Waals surface area contributed by atoms with Gasteiger partial charge in [-0.05, 0) is 23.6 Å².